The lowest BCUT2D eigenvalue weighted by Gasteiger charge is -2.19. The molecule has 0 spiro atoms. The molecule has 0 aliphatic carbocycles. The molecule has 1 heterocycles. The largest absolute Gasteiger partial charge is 0.468 e. The number of esters is 2. The Morgan fingerprint density at radius 3 is 2.11 bits per heavy atom. The molecule has 19 heavy (non-hydrogen) atoms. The highest BCUT2D eigenvalue weighted by molar-refractivity contribution is 5.97. The molecule has 0 fully saturated rings. The predicted molar refractivity (Wildman–Crippen MR) is 63.1 cm³/mol. The van der Waals surface area contributed by atoms with Crippen molar-refractivity contribution in [2.45, 2.75) is 0 Å². The predicted octanol–water partition coefficient (Wildman–Crippen LogP) is -0.792. The molecule has 0 radical (unpaired) electrons. The van der Waals surface area contributed by atoms with Crippen molar-refractivity contribution in [2.24, 2.45) is 7.05 Å². The van der Waals surface area contributed by atoms with Gasteiger partial charge in [0.05, 0.1) is 26.0 Å². The number of methoxy groups -OCH3 is 2. The highest BCUT2D eigenvalue weighted by atomic mass is 16.5. The van der Waals surface area contributed by atoms with Crippen LogP contribution in [0.3, 0.4) is 0 Å². The zero-order valence-electron chi connectivity index (χ0n) is 11.0. The highest BCUT2D eigenvalue weighted by Crippen LogP contribution is 2.04. The molecule has 0 unspecified atom stereocenters. The van der Waals surface area contributed by atoms with Crippen LogP contribution in [0, 0.1) is 0 Å². The number of ether oxygens (including phenoxy) is 2. The Hall–Kier alpha value is -2.38. The molecule has 1 aromatic heterocycles. The van der Waals surface area contributed by atoms with E-state index in [1.165, 1.54) is 31.3 Å². The molecular weight excluding hydrogens is 254 g/mol. The second-order valence-corrected chi connectivity index (χ2v) is 3.72. The summed E-state index contributed by atoms with van der Waals surface area (Å²) in [6, 6.07) is 0. The van der Waals surface area contributed by atoms with Gasteiger partial charge in [-0.2, -0.15) is 5.10 Å². The summed E-state index contributed by atoms with van der Waals surface area (Å²) in [5.41, 5.74) is 0.273. The van der Waals surface area contributed by atoms with Gasteiger partial charge in [-0.15, -0.1) is 0 Å². The van der Waals surface area contributed by atoms with Crippen molar-refractivity contribution < 1.29 is 23.9 Å². The smallest absolute Gasteiger partial charge is 0.325 e. The number of carbonyl (C=O) groups is 3. The van der Waals surface area contributed by atoms with Crippen LogP contribution in [0.2, 0.25) is 0 Å². The Kier molecular flexibility index (Phi) is 5.04. The van der Waals surface area contributed by atoms with E-state index in [-0.39, 0.29) is 18.7 Å². The highest BCUT2D eigenvalue weighted by Gasteiger charge is 2.23. The van der Waals surface area contributed by atoms with E-state index in [1.54, 1.807) is 7.05 Å². The fraction of sp³-hybridized carbons (Fsp3) is 0.455. The van der Waals surface area contributed by atoms with Crippen LogP contribution in [0.1, 0.15) is 10.4 Å². The van der Waals surface area contributed by atoms with Gasteiger partial charge in [0.2, 0.25) is 0 Å². The molecule has 0 aromatic carbocycles. The van der Waals surface area contributed by atoms with Gasteiger partial charge in [0.15, 0.2) is 0 Å². The summed E-state index contributed by atoms with van der Waals surface area (Å²) in [7, 11) is 4.06. The van der Waals surface area contributed by atoms with E-state index < -0.39 is 17.8 Å². The molecule has 1 rings (SSSR count). The van der Waals surface area contributed by atoms with Gasteiger partial charge in [-0.05, 0) is 0 Å². The maximum absolute atomic E-state index is 12.1. The van der Waals surface area contributed by atoms with Gasteiger partial charge in [0.25, 0.3) is 5.91 Å². The third-order valence-corrected chi connectivity index (χ3v) is 2.33. The number of amides is 1. The van der Waals surface area contributed by atoms with Crippen LogP contribution in [0.5, 0.6) is 0 Å². The topological polar surface area (TPSA) is 90.7 Å². The van der Waals surface area contributed by atoms with Gasteiger partial charge in [-0.3, -0.25) is 19.1 Å². The fourth-order valence-corrected chi connectivity index (χ4v) is 1.35. The molecule has 0 aliphatic heterocycles. The van der Waals surface area contributed by atoms with Gasteiger partial charge < -0.3 is 14.4 Å². The number of aryl methyl sites for hydroxylation is 1. The van der Waals surface area contributed by atoms with Crippen molar-refractivity contribution >= 4 is 17.8 Å². The van der Waals surface area contributed by atoms with E-state index in [9.17, 15) is 14.4 Å². The van der Waals surface area contributed by atoms with E-state index in [0.29, 0.717) is 0 Å². The lowest BCUT2D eigenvalue weighted by Crippen LogP contribution is -2.40. The molecule has 0 N–H and O–H groups in total. The van der Waals surface area contributed by atoms with Crippen molar-refractivity contribution in [2.75, 3.05) is 27.3 Å². The standard InChI is InChI=1S/C11H15N3O5/c1-13-5-8(4-12-13)11(17)14(6-9(15)18-2)7-10(16)19-3/h4-5H,6-7H2,1-3H3. The first-order chi connectivity index (χ1) is 8.97. The van der Waals surface area contributed by atoms with E-state index >= 15 is 0 Å². The van der Waals surface area contributed by atoms with Crippen molar-refractivity contribution in [1.29, 1.82) is 0 Å². The Bertz CT molecular complexity index is 464. The van der Waals surface area contributed by atoms with E-state index in [1.807, 2.05) is 0 Å². The van der Waals surface area contributed by atoms with Crippen LogP contribution in [0.15, 0.2) is 12.4 Å². The minimum atomic E-state index is -0.624. The zero-order valence-corrected chi connectivity index (χ0v) is 11.0. The molecule has 1 amide bonds. The number of aromatic nitrogens is 2. The minimum absolute atomic E-state index is 0.273. The number of nitrogens with zero attached hydrogens (tertiary/aromatic N) is 3. The molecule has 0 saturated heterocycles. The van der Waals surface area contributed by atoms with E-state index in [4.69, 9.17) is 0 Å². The summed E-state index contributed by atoms with van der Waals surface area (Å²) >= 11 is 0. The van der Waals surface area contributed by atoms with E-state index in [0.717, 1.165) is 4.90 Å². The van der Waals surface area contributed by atoms with Crippen molar-refractivity contribution in [1.82, 2.24) is 14.7 Å². The lowest BCUT2D eigenvalue weighted by atomic mass is 10.3. The molecule has 104 valence electrons. The zero-order chi connectivity index (χ0) is 14.4. The summed E-state index contributed by atoms with van der Waals surface area (Å²) in [6.07, 6.45) is 2.84. The van der Waals surface area contributed by atoms with Crippen molar-refractivity contribution in [3.8, 4) is 0 Å². The van der Waals surface area contributed by atoms with Gasteiger partial charge in [0.1, 0.15) is 13.1 Å². The average molecular weight is 269 g/mol. The van der Waals surface area contributed by atoms with Crippen LogP contribution in [-0.2, 0) is 26.1 Å². The van der Waals surface area contributed by atoms with Crippen LogP contribution in [0.25, 0.3) is 0 Å². The third kappa shape index (κ3) is 4.09. The maximum Gasteiger partial charge on any atom is 0.325 e. The molecule has 0 saturated carbocycles. The normalized spacial score (nSPS) is 9.84. The fourth-order valence-electron chi connectivity index (χ4n) is 1.35. The second kappa shape index (κ2) is 6.53. The third-order valence-electron chi connectivity index (χ3n) is 2.33. The molecule has 0 atom stereocenters. The molecule has 8 nitrogen and oxygen atoms in total. The molecule has 1 aromatic rings. The monoisotopic (exact) mass is 269 g/mol. The number of rotatable bonds is 5. The first-order valence-corrected chi connectivity index (χ1v) is 5.39. The Morgan fingerprint density at radius 2 is 1.74 bits per heavy atom. The first kappa shape index (κ1) is 14.7. The van der Waals surface area contributed by atoms with Crippen LogP contribution in [0.4, 0.5) is 0 Å². The molecular formula is C11H15N3O5. The number of hydrogen-bond acceptors (Lipinski definition) is 6. The molecule has 0 bridgehead atoms. The van der Waals surface area contributed by atoms with Crippen LogP contribution >= 0.6 is 0 Å². The Morgan fingerprint density at radius 1 is 1.21 bits per heavy atom. The maximum atomic E-state index is 12.1. The Labute approximate surface area is 109 Å². The number of hydrogen-bond donors (Lipinski definition) is 0. The van der Waals surface area contributed by atoms with Crippen LogP contribution in [-0.4, -0.2) is 59.8 Å². The minimum Gasteiger partial charge on any atom is -0.468 e. The summed E-state index contributed by atoms with van der Waals surface area (Å²) in [4.78, 5) is 35.6. The molecule has 8 heteroatoms. The van der Waals surface area contributed by atoms with Crippen molar-refractivity contribution in [3.05, 3.63) is 18.0 Å². The van der Waals surface area contributed by atoms with Gasteiger partial charge in [-0.1, -0.05) is 0 Å². The van der Waals surface area contributed by atoms with E-state index in [2.05, 4.69) is 14.6 Å². The van der Waals surface area contributed by atoms with Gasteiger partial charge in [0, 0.05) is 13.2 Å². The summed E-state index contributed by atoms with van der Waals surface area (Å²) < 4.78 is 10.4. The van der Waals surface area contributed by atoms with Crippen molar-refractivity contribution in [3.63, 3.8) is 0 Å². The summed E-state index contributed by atoms with van der Waals surface area (Å²) in [6.45, 7) is -0.668. The quantitative estimate of drug-likeness (QED) is 0.650. The first-order valence-electron chi connectivity index (χ1n) is 5.39. The lowest BCUT2D eigenvalue weighted by molar-refractivity contribution is -0.144. The summed E-state index contributed by atoms with van der Waals surface area (Å²) in [5, 5.41) is 3.86. The SMILES string of the molecule is COC(=O)CN(CC(=O)OC)C(=O)c1cnn(C)c1. The van der Waals surface area contributed by atoms with Crippen LogP contribution < -0.4 is 0 Å². The molecule has 0 aliphatic rings. The summed E-state index contributed by atoms with van der Waals surface area (Å²) in [5.74, 6) is -1.74. The Balaban J connectivity index is 2.85. The second-order valence-electron chi connectivity index (χ2n) is 3.72. The average Bonchev–Trinajstić information content (AvgIpc) is 2.83. The van der Waals surface area contributed by atoms with Gasteiger partial charge >= 0.3 is 11.9 Å². The number of carbonyl (C=O) groups excluding carboxylic acids is 3. The van der Waals surface area contributed by atoms with Gasteiger partial charge in [-0.25, -0.2) is 0 Å².